The van der Waals surface area contributed by atoms with Gasteiger partial charge in [0.25, 0.3) is 5.91 Å². The van der Waals surface area contributed by atoms with Crippen LogP contribution < -0.4 is 11.1 Å². The molecule has 0 atom stereocenters. The molecule has 1 aromatic carbocycles. The Labute approximate surface area is 124 Å². The fourth-order valence-corrected chi connectivity index (χ4v) is 2.05. The molecule has 2 rings (SSSR count). The van der Waals surface area contributed by atoms with Gasteiger partial charge in [-0.2, -0.15) is 0 Å². The van der Waals surface area contributed by atoms with Crippen molar-refractivity contribution < 1.29 is 9.53 Å². The third-order valence-corrected chi connectivity index (χ3v) is 3.12. The van der Waals surface area contributed by atoms with Crippen molar-refractivity contribution in [1.29, 1.82) is 0 Å². The van der Waals surface area contributed by atoms with E-state index in [4.69, 9.17) is 10.5 Å². The number of nitrogens with one attached hydrogen (secondary N) is 1. The standard InChI is InChI=1S/C16H21N3O2/c1-19-11-14(17)10-15(19)16(20)18-8-5-9-21-12-13-6-3-2-4-7-13/h2-4,6-7,10-11H,5,8-9,12,17H2,1H3,(H,18,20). The number of hydrogen-bond donors (Lipinski definition) is 2. The summed E-state index contributed by atoms with van der Waals surface area (Å²) in [7, 11) is 1.80. The fraction of sp³-hybridized carbons (Fsp3) is 0.312. The Morgan fingerprint density at radius 1 is 1.33 bits per heavy atom. The molecule has 21 heavy (non-hydrogen) atoms. The van der Waals surface area contributed by atoms with E-state index in [1.807, 2.05) is 30.3 Å². The van der Waals surface area contributed by atoms with Gasteiger partial charge in [-0.1, -0.05) is 30.3 Å². The Balaban J connectivity index is 1.62. The van der Waals surface area contributed by atoms with Gasteiger partial charge in [0.1, 0.15) is 5.69 Å². The van der Waals surface area contributed by atoms with Crippen molar-refractivity contribution in [1.82, 2.24) is 9.88 Å². The van der Waals surface area contributed by atoms with Crippen LogP contribution in [0.2, 0.25) is 0 Å². The highest BCUT2D eigenvalue weighted by Crippen LogP contribution is 2.08. The number of hydrogen-bond acceptors (Lipinski definition) is 3. The molecule has 0 unspecified atom stereocenters. The largest absolute Gasteiger partial charge is 0.397 e. The molecule has 0 spiro atoms. The molecule has 0 radical (unpaired) electrons. The molecule has 112 valence electrons. The van der Waals surface area contributed by atoms with E-state index >= 15 is 0 Å². The molecule has 1 amide bonds. The molecule has 2 aromatic rings. The minimum Gasteiger partial charge on any atom is -0.397 e. The molecular formula is C16H21N3O2. The molecule has 0 aliphatic carbocycles. The monoisotopic (exact) mass is 287 g/mol. The zero-order valence-electron chi connectivity index (χ0n) is 12.2. The van der Waals surface area contributed by atoms with Crippen molar-refractivity contribution in [2.24, 2.45) is 7.05 Å². The Morgan fingerprint density at radius 3 is 2.76 bits per heavy atom. The number of nitrogen functional groups attached to an aromatic ring is 1. The summed E-state index contributed by atoms with van der Waals surface area (Å²) in [6, 6.07) is 11.7. The van der Waals surface area contributed by atoms with Crippen molar-refractivity contribution >= 4 is 11.6 Å². The molecule has 0 saturated carbocycles. The number of aromatic nitrogens is 1. The predicted octanol–water partition coefficient (Wildman–Crippen LogP) is 1.94. The minimum atomic E-state index is -0.114. The van der Waals surface area contributed by atoms with E-state index in [1.54, 1.807) is 23.9 Å². The third kappa shape index (κ3) is 4.65. The number of aryl methyl sites for hydroxylation is 1. The van der Waals surface area contributed by atoms with Gasteiger partial charge in [-0.3, -0.25) is 4.79 Å². The van der Waals surface area contributed by atoms with Crippen LogP contribution >= 0.6 is 0 Å². The van der Waals surface area contributed by atoms with Gasteiger partial charge in [-0.25, -0.2) is 0 Å². The van der Waals surface area contributed by atoms with Crippen LogP contribution in [-0.2, 0) is 18.4 Å². The molecule has 5 heteroatoms. The normalized spacial score (nSPS) is 10.5. The van der Waals surface area contributed by atoms with Crippen LogP contribution in [0.4, 0.5) is 5.69 Å². The van der Waals surface area contributed by atoms with E-state index in [2.05, 4.69) is 5.32 Å². The number of anilines is 1. The van der Waals surface area contributed by atoms with Crippen molar-refractivity contribution in [3.63, 3.8) is 0 Å². The van der Waals surface area contributed by atoms with E-state index in [1.165, 1.54) is 0 Å². The second-order valence-electron chi connectivity index (χ2n) is 4.92. The molecule has 3 N–H and O–H groups in total. The minimum absolute atomic E-state index is 0.114. The number of benzene rings is 1. The van der Waals surface area contributed by atoms with Crippen LogP contribution in [0.25, 0.3) is 0 Å². The summed E-state index contributed by atoms with van der Waals surface area (Å²) in [5, 5.41) is 2.86. The number of ether oxygens (including phenoxy) is 1. The first kappa shape index (κ1) is 15.1. The highest BCUT2D eigenvalue weighted by atomic mass is 16.5. The molecule has 0 bridgehead atoms. The lowest BCUT2D eigenvalue weighted by Gasteiger charge is -2.07. The lowest BCUT2D eigenvalue weighted by Crippen LogP contribution is -2.26. The van der Waals surface area contributed by atoms with Crippen LogP contribution in [0.15, 0.2) is 42.6 Å². The van der Waals surface area contributed by atoms with Gasteiger partial charge >= 0.3 is 0 Å². The zero-order valence-corrected chi connectivity index (χ0v) is 12.2. The smallest absolute Gasteiger partial charge is 0.267 e. The highest BCUT2D eigenvalue weighted by Gasteiger charge is 2.09. The van der Waals surface area contributed by atoms with E-state index in [9.17, 15) is 4.79 Å². The quantitative estimate of drug-likeness (QED) is 0.765. The van der Waals surface area contributed by atoms with Gasteiger partial charge in [0.2, 0.25) is 0 Å². The Morgan fingerprint density at radius 2 is 2.10 bits per heavy atom. The van der Waals surface area contributed by atoms with Crippen LogP contribution in [0, 0.1) is 0 Å². The maximum absolute atomic E-state index is 11.9. The van der Waals surface area contributed by atoms with Crippen molar-refractivity contribution in [3.8, 4) is 0 Å². The van der Waals surface area contributed by atoms with E-state index in [0.29, 0.717) is 31.1 Å². The molecule has 0 saturated heterocycles. The Hall–Kier alpha value is -2.27. The Bertz CT molecular complexity index is 578. The molecule has 0 fully saturated rings. The van der Waals surface area contributed by atoms with Gasteiger partial charge in [-0.05, 0) is 18.1 Å². The van der Waals surface area contributed by atoms with E-state index < -0.39 is 0 Å². The molecule has 5 nitrogen and oxygen atoms in total. The first-order valence-electron chi connectivity index (χ1n) is 6.98. The molecule has 1 heterocycles. The number of carbonyl (C=O) groups is 1. The highest BCUT2D eigenvalue weighted by molar-refractivity contribution is 5.93. The first-order chi connectivity index (χ1) is 10.2. The van der Waals surface area contributed by atoms with Crippen molar-refractivity contribution in [2.45, 2.75) is 13.0 Å². The lowest BCUT2D eigenvalue weighted by molar-refractivity contribution is 0.0927. The summed E-state index contributed by atoms with van der Waals surface area (Å²) >= 11 is 0. The maximum Gasteiger partial charge on any atom is 0.267 e. The van der Waals surface area contributed by atoms with E-state index in [0.717, 1.165) is 12.0 Å². The average Bonchev–Trinajstić information content (AvgIpc) is 2.82. The maximum atomic E-state index is 11.9. The predicted molar refractivity (Wildman–Crippen MR) is 82.9 cm³/mol. The lowest BCUT2D eigenvalue weighted by atomic mass is 10.2. The number of amides is 1. The zero-order chi connectivity index (χ0) is 15.1. The summed E-state index contributed by atoms with van der Waals surface area (Å²) in [6.45, 7) is 1.80. The third-order valence-electron chi connectivity index (χ3n) is 3.12. The van der Waals surface area contributed by atoms with Gasteiger partial charge < -0.3 is 20.4 Å². The van der Waals surface area contributed by atoms with Crippen molar-refractivity contribution in [2.75, 3.05) is 18.9 Å². The average molecular weight is 287 g/mol. The number of carbonyl (C=O) groups excluding carboxylic acids is 1. The molecule has 0 aliphatic rings. The summed E-state index contributed by atoms with van der Waals surface area (Å²) in [5.41, 5.74) is 7.96. The summed E-state index contributed by atoms with van der Waals surface area (Å²) < 4.78 is 7.28. The van der Waals surface area contributed by atoms with Gasteiger partial charge in [0, 0.05) is 26.4 Å². The summed E-state index contributed by atoms with van der Waals surface area (Å²) in [5.74, 6) is -0.114. The van der Waals surface area contributed by atoms with Gasteiger partial charge in [-0.15, -0.1) is 0 Å². The van der Waals surface area contributed by atoms with Crippen molar-refractivity contribution in [3.05, 3.63) is 53.9 Å². The van der Waals surface area contributed by atoms with Crippen LogP contribution in [0.5, 0.6) is 0 Å². The summed E-state index contributed by atoms with van der Waals surface area (Å²) in [6.07, 6.45) is 2.50. The topological polar surface area (TPSA) is 69.3 Å². The first-order valence-corrected chi connectivity index (χ1v) is 6.98. The van der Waals surface area contributed by atoms with Crippen LogP contribution in [0.3, 0.4) is 0 Å². The second kappa shape index (κ2) is 7.50. The van der Waals surface area contributed by atoms with Crippen LogP contribution in [0.1, 0.15) is 22.5 Å². The molecule has 1 aromatic heterocycles. The Kier molecular flexibility index (Phi) is 5.40. The molecule has 0 aliphatic heterocycles. The second-order valence-corrected chi connectivity index (χ2v) is 4.92. The fourth-order valence-electron chi connectivity index (χ4n) is 2.05. The number of nitrogens with zero attached hydrogens (tertiary/aromatic N) is 1. The van der Waals surface area contributed by atoms with Gasteiger partial charge in [0.05, 0.1) is 12.3 Å². The number of rotatable bonds is 7. The number of nitrogens with two attached hydrogens (primary N) is 1. The van der Waals surface area contributed by atoms with E-state index in [-0.39, 0.29) is 5.91 Å². The summed E-state index contributed by atoms with van der Waals surface area (Å²) in [4.78, 5) is 11.9. The van der Waals surface area contributed by atoms with Gasteiger partial charge in [0.15, 0.2) is 0 Å². The SMILES string of the molecule is Cn1cc(N)cc1C(=O)NCCCOCc1ccccc1. The van der Waals surface area contributed by atoms with Crippen LogP contribution in [-0.4, -0.2) is 23.6 Å². The molecular weight excluding hydrogens is 266 g/mol.